The first-order valence-electron chi connectivity index (χ1n) is 6.80. The van der Waals surface area contributed by atoms with Gasteiger partial charge >= 0.3 is 6.18 Å². The van der Waals surface area contributed by atoms with E-state index in [9.17, 15) is 31.7 Å². The van der Waals surface area contributed by atoms with Gasteiger partial charge in [-0.2, -0.15) is 13.2 Å². The Labute approximate surface area is 131 Å². The van der Waals surface area contributed by atoms with Crippen LogP contribution >= 0.6 is 0 Å². The maximum Gasteiger partial charge on any atom is 0.393 e. The largest absolute Gasteiger partial charge is 0.393 e. The Kier molecular flexibility index (Phi) is 4.56. The normalized spacial score (nSPS) is 19.7. The third-order valence-electron chi connectivity index (χ3n) is 3.80. The lowest BCUT2D eigenvalue weighted by atomic mass is 9.97. The Morgan fingerprint density at radius 1 is 1.35 bits per heavy atom. The summed E-state index contributed by atoms with van der Waals surface area (Å²) in [6.07, 6.45) is -3.21. The highest BCUT2D eigenvalue weighted by Crippen LogP contribution is 2.38. The Balaban J connectivity index is 2.41. The summed E-state index contributed by atoms with van der Waals surface area (Å²) in [5.74, 6) is -1.55. The number of sulfone groups is 1. The second-order valence-corrected chi connectivity index (χ2v) is 7.52. The van der Waals surface area contributed by atoms with Gasteiger partial charge in [-0.3, -0.25) is 10.1 Å². The molecule has 23 heavy (non-hydrogen) atoms. The summed E-state index contributed by atoms with van der Waals surface area (Å²) in [5, 5.41) is 11.2. The minimum absolute atomic E-state index is 0.0105. The number of hydrogen-bond donors (Lipinski definition) is 0. The molecule has 0 radical (unpaired) electrons. The third-order valence-corrected chi connectivity index (χ3v) is 4.91. The van der Waals surface area contributed by atoms with Crippen molar-refractivity contribution in [3.63, 3.8) is 0 Å². The first-order valence-corrected chi connectivity index (χ1v) is 8.69. The number of rotatable bonds is 3. The number of anilines is 1. The molecular formula is C13H15F3N2O4S. The number of nitro benzene ring substituents is 1. The molecule has 1 aromatic carbocycles. The highest BCUT2D eigenvalue weighted by atomic mass is 32.2. The molecule has 0 aliphatic carbocycles. The number of nitrogens with zero attached hydrogens (tertiary/aromatic N) is 2. The van der Waals surface area contributed by atoms with Gasteiger partial charge in [0.1, 0.15) is 5.69 Å². The summed E-state index contributed by atoms with van der Waals surface area (Å²) >= 11 is 0. The van der Waals surface area contributed by atoms with Gasteiger partial charge in [0.25, 0.3) is 5.69 Å². The molecule has 2 rings (SSSR count). The van der Waals surface area contributed by atoms with Gasteiger partial charge in [-0.05, 0) is 25.0 Å². The maximum absolute atomic E-state index is 12.9. The van der Waals surface area contributed by atoms with Crippen LogP contribution in [0, 0.1) is 16.0 Å². The van der Waals surface area contributed by atoms with Gasteiger partial charge in [0.2, 0.25) is 0 Å². The molecule has 0 bridgehead atoms. The van der Waals surface area contributed by atoms with Crippen LogP contribution in [-0.2, 0) is 9.84 Å². The molecule has 0 spiro atoms. The fourth-order valence-electron chi connectivity index (χ4n) is 2.61. The molecule has 1 unspecified atom stereocenters. The first kappa shape index (κ1) is 17.5. The molecule has 128 valence electrons. The molecule has 6 nitrogen and oxygen atoms in total. The van der Waals surface area contributed by atoms with Crippen molar-refractivity contribution in [2.24, 2.45) is 5.92 Å². The Morgan fingerprint density at radius 2 is 2.00 bits per heavy atom. The quantitative estimate of drug-likeness (QED) is 0.617. The van der Waals surface area contributed by atoms with E-state index < -0.39 is 32.5 Å². The summed E-state index contributed by atoms with van der Waals surface area (Å²) in [5.41, 5.74) is -0.493. The average Bonchev–Trinajstić information content (AvgIpc) is 2.45. The van der Waals surface area contributed by atoms with Crippen molar-refractivity contribution >= 4 is 21.2 Å². The number of hydrogen-bond acceptors (Lipinski definition) is 5. The van der Waals surface area contributed by atoms with Crippen LogP contribution in [-0.4, -0.2) is 38.9 Å². The Bertz CT molecular complexity index is 718. The molecule has 10 heteroatoms. The van der Waals surface area contributed by atoms with Gasteiger partial charge in [-0.25, -0.2) is 8.42 Å². The number of piperidine rings is 1. The highest BCUT2D eigenvalue weighted by Gasteiger charge is 2.42. The fraction of sp³-hybridized carbons (Fsp3) is 0.538. The maximum atomic E-state index is 12.9. The second-order valence-electron chi connectivity index (χ2n) is 5.51. The molecule has 1 heterocycles. The first-order chi connectivity index (χ1) is 10.5. The summed E-state index contributed by atoms with van der Waals surface area (Å²) in [7, 11) is -3.64. The number of halogens is 3. The van der Waals surface area contributed by atoms with Crippen molar-refractivity contribution in [1.82, 2.24) is 0 Å². The lowest BCUT2D eigenvalue weighted by Gasteiger charge is -2.34. The van der Waals surface area contributed by atoms with Crippen LogP contribution in [0.25, 0.3) is 0 Å². The molecule has 1 aliphatic heterocycles. The van der Waals surface area contributed by atoms with Crippen molar-refractivity contribution in [3.05, 3.63) is 28.3 Å². The van der Waals surface area contributed by atoms with E-state index in [4.69, 9.17) is 0 Å². The van der Waals surface area contributed by atoms with Crippen LogP contribution in [0.2, 0.25) is 0 Å². The average molecular weight is 352 g/mol. The number of alkyl halides is 3. The van der Waals surface area contributed by atoms with E-state index in [2.05, 4.69) is 0 Å². The minimum Gasteiger partial charge on any atom is -0.365 e. The van der Waals surface area contributed by atoms with Crippen LogP contribution in [0.4, 0.5) is 24.5 Å². The predicted molar refractivity (Wildman–Crippen MR) is 77.2 cm³/mol. The van der Waals surface area contributed by atoms with Crippen LogP contribution < -0.4 is 4.90 Å². The van der Waals surface area contributed by atoms with Crippen LogP contribution in [0.3, 0.4) is 0 Å². The van der Waals surface area contributed by atoms with E-state index in [1.165, 1.54) is 17.0 Å². The molecule has 1 atom stereocenters. The molecule has 0 amide bonds. The third kappa shape index (κ3) is 3.92. The van der Waals surface area contributed by atoms with E-state index in [0.29, 0.717) is 0 Å². The van der Waals surface area contributed by atoms with Gasteiger partial charge in [0.15, 0.2) is 9.84 Å². The van der Waals surface area contributed by atoms with E-state index >= 15 is 0 Å². The molecule has 1 aliphatic rings. The molecule has 0 saturated carbocycles. The van der Waals surface area contributed by atoms with Crippen molar-refractivity contribution in [2.45, 2.75) is 23.9 Å². The van der Waals surface area contributed by atoms with Crippen molar-refractivity contribution < 1.29 is 26.5 Å². The topological polar surface area (TPSA) is 80.5 Å². The zero-order chi connectivity index (χ0) is 17.4. The molecule has 1 aromatic rings. The van der Waals surface area contributed by atoms with E-state index in [1.54, 1.807) is 0 Å². The van der Waals surface area contributed by atoms with E-state index in [0.717, 1.165) is 12.3 Å². The van der Waals surface area contributed by atoms with Gasteiger partial charge in [0, 0.05) is 25.4 Å². The lowest BCUT2D eigenvalue weighted by molar-refractivity contribution is -0.384. The van der Waals surface area contributed by atoms with Crippen molar-refractivity contribution in [1.29, 1.82) is 0 Å². The molecule has 1 fully saturated rings. The van der Waals surface area contributed by atoms with Crippen LogP contribution in [0.5, 0.6) is 0 Å². The Morgan fingerprint density at radius 3 is 2.52 bits per heavy atom. The number of benzene rings is 1. The standard InChI is InChI=1S/C13H15F3N2O4S/c1-23(21,22)10-4-5-11(12(7-10)18(19)20)17-6-2-3-9(8-17)13(14,15)16/h4-5,7,9H,2-3,6,8H2,1H3. The smallest absolute Gasteiger partial charge is 0.365 e. The summed E-state index contributed by atoms with van der Waals surface area (Å²) in [6, 6.07) is 3.27. The zero-order valence-corrected chi connectivity index (χ0v) is 13.0. The second kappa shape index (κ2) is 5.99. The van der Waals surface area contributed by atoms with Gasteiger partial charge in [0.05, 0.1) is 15.7 Å². The molecule has 0 N–H and O–H groups in total. The van der Waals surface area contributed by atoms with Crippen molar-refractivity contribution in [3.8, 4) is 0 Å². The monoisotopic (exact) mass is 352 g/mol. The fourth-order valence-corrected chi connectivity index (χ4v) is 3.25. The van der Waals surface area contributed by atoms with Gasteiger partial charge in [-0.1, -0.05) is 0 Å². The van der Waals surface area contributed by atoms with Crippen LogP contribution in [0.1, 0.15) is 12.8 Å². The van der Waals surface area contributed by atoms with Crippen molar-refractivity contribution in [2.75, 3.05) is 24.2 Å². The van der Waals surface area contributed by atoms with E-state index in [1.807, 2.05) is 0 Å². The molecular weight excluding hydrogens is 337 g/mol. The summed E-state index contributed by atoms with van der Waals surface area (Å²) in [4.78, 5) is 11.5. The predicted octanol–water partition coefficient (Wildman–Crippen LogP) is 2.78. The summed E-state index contributed by atoms with van der Waals surface area (Å²) < 4.78 is 61.6. The van der Waals surface area contributed by atoms with Crippen LogP contribution in [0.15, 0.2) is 23.1 Å². The Hall–Kier alpha value is -1.84. The highest BCUT2D eigenvalue weighted by molar-refractivity contribution is 7.90. The zero-order valence-electron chi connectivity index (χ0n) is 12.2. The number of nitro groups is 1. The summed E-state index contributed by atoms with van der Waals surface area (Å²) in [6.45, 7) is -0.117. The van der Waals surface area contributed by atoms with Gasteiger partial charge < -0.3 is 4.90 Å². The molecule has 0 aromatic heterocycles. The SMILES string of the molecule is CS(=O)(=O)c1ccc(N2CCCC(C(F)(F)F)C2)c([N+](=O)[O-])c1. The van der Waals surface area contributed by atoms with Gasteiger partial charge in [-0.15, -0.1) is 0 Å². The van der Waals surface area contributed by atoms with E-state index in [-0.39, 0.29) is 36.5 Å². The molecule has 1 saturated heterocycles. The lowest BCUT2D eigenvalue weighted by Crippen LogP contribution is -2.42. The minimum atomic E-state index is -4.36.